The minimum atomic E-state index is 0.124. The Balaban J connectivity index is 1.98. The van der Waals surface area contributed by atoms with Gasteiger partial charge in [-0.25, -0.2) is 0 Å². The third-order valence-electron chi connectivity index (χ3n) is 3.83. The summed E-state index contributed by atoms with van der Waals surface area (Å²) in [7, 11) is 0. The molecule has 1 atom stereocenters. The average molecular weight is 248 g/mol. The van der Waals surface area contributed by atoms with Crippen LogP contribution in [-0.2, 0) is 10.2 Å². The van der Waals surface area contributed by atoms with Gasteiger partial charge in [-0.1, -0.05) is 19.9 Å². The van der Waals surface area contributed by atoms with Crippen LogP contribution in [0.4, 0.5) is 0 Å². The predicted molar refractivity (Wildman–Crippen MR) is 73.7 cm³/mol. The van der Waals surface area contributed by atoms with Gasteiger partial charge >= 0.3 is 0 Å². The van der Waals surface area contributed by atoms with Crippen molar-refractivity contribution < 1.29 is 4.74 Å². The molecular formula is C15H24N2O. The molecular weight excluding hydrogens is 224 g/mol. The molecule has 1 unspecified atom stereocenters. The Morgan fingerprint density at radius 1 is 1.33 bits per heavy atom. The molecule has 0 bridgehead atoms. The standard InChI is InChI=1S/C15H24N2O/c1-13(17-8-10-18-11-9-17)12-15(2,3)14-6-4-5-7-16-14/h4-7,13H,8-12H2,1-3H3. The number of aromatic nitrogens is 1. The lowest BCUT2D eigenvalue weighted by atomic mass is 9.82. The van der Waals surface area contributed by atoms with E-state index in [9.17, 15) is 0 Å². The molecule has 0 radical (unpaired) electrons. The lowest BCUT2D eigenvalue weighted by Crippen LogP contribution is -2.44. The Morgan fingerprint density at radius 2 is 2.06 bits per heavy atom. The van der Waals surface area contributed by atoms with Crippen molar-refractivity contribution in [3.63, 3.8) is 0 Å². The molecule has 0 aliphatic carbocycles. The van der Waals surface area contributed by atoms with Crippen LogP contribution in [0.25, 0.3) is 0 Å². The van der Waals surface area contributed by atoms with E-state index in [0.29, 0.717) is 6.04 Å². The summed E-state index contributed by atoms with van der Waals surface area (Å²) in [6.07, 6.45) is 3.01. The molecule has 1 aromatic heterocycles. The van der Waals surface area contributed by atoms with E-state index >= 15 is 0 Å². The van der Waals surface area contributed by atoms with Crippen LogP contribution in [-0.4, -0.2) is 42.2 Å². The van der Waals surface area contributed by atoms with Crippen LogP contribution >= 0.6 is 0 Å². The molecule has 0 amide bonds. The molecule has 3 nitrogen and oxygen atoms in total. The summed E-state index contributed by atoms with van der Waals surface area (Å²) >= 11 is 0. The zero-order chi connectivity index (χ0) is 13.0. The molecule has 1 fully saturated rings. The van der Waals surface area contributed by atoms with Crippen molar-refractivity contribution in [1.82, 2.24) is 9.88 Å². The fourth-order valence-electron chi connectivity index (χ4n) is 2.75. The SMILES string of the molecule is CC(CC(C)(C)c1ccccn1)N1CCOCC1. The van der Waals surface area contributed by atoms with Crippen molar-refractivity contribution in [2.45, 2.75) is 38.6 Å². The lowest BCUT2D eigenvalue weighted by molar-refractivity contribution is 0.0147. The van der Waals surface area contributed by atoms with Gasteiger partial charge in [0.05, 0.1) is 13.2 Å². The number of nitrogens with zero attached hydrogens (tertiary/aromatic N) is 2. The van der Waals surface area contributed by atoms with Crippen molar-refractivity contribution in [1.29, 1.82) is 0 Å². The van der Waals surface area contributed by atoms with Crippen molar-refractivity contribution in [2.75, 3.05) is 26.3 Å². The van der Waals surface area contributed by atoms with Crippen molar-refractivity contribution in [3.05, 3.63) is 30.1 Å². The zero-order valence-electron chi connectivity index (χ0n) is 11.7. The second-order valence-corrected chi connectivity index (χ2v) is 5.80. The minimum Gasteiger partial charge on any atom is -0.379 e. The number of hydrogen-bond acceptors (Lipinski definition) is 3. The summed E-state index contributed by atoms with van der Waals surface area (Å²) in [4.78, 5) is 7.03. The van der Waals surface area contributed by atoms with Crippen LogP contribution < -0.4 is 0 Å². The third-order valence-corrected chi connectivity index (χ3v) is 3.83. The van der Waals surface area contributed by atoms with Gasteiger partial charge in [-0.2, -0.15) is 0 Å². The van der Waals surface area contributed by atoms with Crippen molar-refractivity contribution in [2.24, 2.45) is 0 Å². The highest BCUT2D eigenvalue weighted by atomic mass is 16.5. The maximum absolute atomic E-state index is 5.41. The topological polar surface area (TPSA) is 25.4 Å². The highest BCUT2D eigenvalue weighted by molar-refractivity contribution is 5.14. The summed E-state index contributed by atoms with van der Waals surface area (Å²) in [6, 6.07) is 6.76. The maximum Gasteiger partial charge on any atom is 0.0594 e. The second kappa shape index (κ2) is 5.81. The van der Waals surface area contributed by atoms with Crippen molar-refractivity contribution in [3.8, 4) is 0 Å². The number of pyridine rings is 1. The first kappa shape index (κ1) is 13.5. The molecule has 0 aromatic carbocycles. The lowest BCUT2D eigenvalue weighted by Gasteiger charge is -2.36. The van der Waals surface area contributed by atoms with Gasteiger partial charge in [-0.3, -0.25) is 9.88 Å². The van der Waals surface area contributed by atoms with Gasteiger partial charge < -0.3 is 4.74 Å². The summed E-state index contributed by atoms with van der Waals surface area (Å²) in [5.41, 5.74) is 1.31. The van der Waals surface area contributed by atoms with Crippen LogP contribution in [0.5, 0.6) is 0 Å². The molecule has 1 saturated heterocycles. The monoisotopic (exact) mass is 248 g/mol. The quantitative estimate of drug-likeness (QED) is 0.818. The van der Waals surface area contributed by atoms with E-state index in [0.717, 1.165) is 32.7 Å². The molecule has 100 valence electrons. The summed E-state index contributed by atoms with van der Waals surface area (Å²) in [5.74, 6) is 0. The van der Waals surface area contributed by atoms with Gasteiger partial charge in [0.1, 0.15) is 0 Å². The molecule has 2 heterocycles. The first-order valence-corrected chi connectivity index (χ1v) is 6.83. The highest BCUT2D eigenvalue weighted by Crippen LogP contribution is 2.28. The minimum absolute atomic E-state index is 0.124. The van der Waals surface area contributed by atoms with Gasteiger partial charge in [0.25, 0.3) is 0 Å². The molecule has 2 rings (SSSR count). The maximum atomic E-state index is 5.41. The third kappa shape index (κ3) is 3.30. The van der Waals surface area contributed by atoms with Crippen LogP contribution in [0.15, 0.2) is 24.4 Å². The summed E-state index contributed by atoms with van der Waals surface area (Å²) < 4.78 is 5.41. The molecule has 0 N–H and O–H groups in total. The Labute approximate surface area is 110 Å². The fraction of sp³-hybridized carbons (Fsp3) is 0.667. The van der Waals surface area contributed by atoms with Gasteiger partial charge in [0.2, 0.25) is 0 Å². The van der Waals surface area contributed by atoms with E-state index in [4.69, 9.17) is 4.74 Å². The van der Waals surface area contributed by atoms with E-state index in [2.05, 4.69) is 42.8 Å². The first-order valence-electron chi connectivity index (χ1n) is 6.83. The Hall–Kier alpha value is -0.930. The summed E-state index contributed by atoms with van der Waals surface area (Å²) in [5, 5.41) is 0. The molecule has 18 heavy (non-hydrogen) atoms. The van der Waals surface area contributed by atoms with Gasteiger partial charge in [0.15, 0.2) is 0 Å². The van der Waals surface area contributed by atoms with Crippen LogP contribution in [0.2, 0.25) is 0 Å². The van der Waals surface area contributed by atoms with Gasteiger partial charge in [-0.05, 0) is 25.5 Å². The molecule has 0 saturated carbocycles. The van der Waals surface area contributed by atoms with E-state index < -0.39 is 0 Å². The number of morpholine rings is 1. The summed E-state index contributed by atoms with van der Waals surface area (Å²) in [6.45, 7) is 10.7. The van der Waals surface area contributed by atoms with Crippen molar-refractivity contribution >= 4 is 0 Å². The molecule has 0 spiro atoms. The smallest absolute Gasteiger partial charge is 0.0594 e. The fourth-order valence-corrected chi connectivity index (χ4v) is 2.75. The number of hydrogen-bond donors (Lipinski definition) is 0. The predicted octanol–water partition coefficient (Wildman–Crippen LogP) is 2.47. The van der Waals surface area contributed by atoms with E-state index in [-0.39, 0.29) is 5.41 Å². The first-order chi connectivity index (χ1) is 8.59. The van der Waals surface area contributed by atoms with Crippen LogP contribution in [0.1, 0.15) is 32.9 Å². The Morgan fingerprint density at radius 3 is 2.67 bits per heavy atom. The zero-order valence-corrected chi connectivity index (χ0v) is 11.7. The highest BCUT2D eigenvalue weighted by Gasteiger charge is 2.27. The van der Waals surface area contributed by atoms with Gasteiger partial charge in [-0.15, -0.1) is 0 Å². The van der Waals surface area contributed by atoms with Gasteiger partial charge in [0, 0.05) is 36.4 Å². The van der Waals surface area contributed by atoms with E-state index in [1.807, 2.05) is 12.3 Å². The largest absolute Gasteiger partial charge is 0.379 e. The molecule has 3 heteroatoms. The van der Waals surface area contributed by atoms with Crippen LogP contribution in [0, 0.1) is 0 Å². The number of ether oxygens (including phenoxy) is 1. The second-order valence-electron chi connectivity index (χ2n) is 5.80. The Bertz CT molecular complexity index is 358. The Kier molecular flexibility index (Phi) is 4.36. The number of rotatable bonds is 4. The normalized spacial score (nSPS) is 19.7. The average Bonchev–Trinajstić information content (AvgIpc) is 2.40. The van der Waals surface area contributed by atoms with Crippen LogP contribution in [0.3, 0.4) is 0 Å². The molecule has 1 aliphatic rings. The molecule has 1 aliphatic heterocycles. The molecule has 1 aromatic rings. The van der Waals surface area contributed by atoms with E-state index in [1.54, 1.807) is 0 Å². The van der Waals surface area contributed by atoms with E-state index in [1.165, 1.54) is 5.69 Å².